The van der Waals surface area contributed by atoms with Crippen LogP contribution in [0.4, 0.5) is 16.2 Å². The number of nitrogens with two attached hydrogens (primary N) is 2. The summed E-state index contributed by atoms with van der Waals surface area (Å²) in [7, 11) is -4.07. The Kier molecular flexibility index (Phi) is 12.2. The molecule has 14 nitrogen and oxygen atoms in total. The number of sulfonamides is 1. The number of nitrogens with zero attached hydrogens (tertiary/aromatic N) is 6. The number of thiazole rings is 1. The zero-order chi connectivity index (χ0) is 42.8. The number of pyridine rings is 1. The first-order chi connectivity index (χ1) is 29.4. The van der Waals surface area contributed by atoms with Gasteiger partial charge in [0.2, 0.25) is 33.7 Å². The molecule has 3 saturated heterocycles. The molecule has 3 aromatic heterocycles. The van der Waals surface area contributed by atoms with Gasteiger partial charge in [0, 0.05) is 68.1 Å². The molecule has 2 aromatic carbocycles. The van der Waals surface area contributed by atoms with Gasteiger partial charge in [0.05, 0.1) is 22.2 Å². The molecule has 3 aliphatic rings. The molecule has 318 valence electrons. The Morgan fingerprint density at radius 3 is 2.33 bits per heavy atom. The van der Waals surface area contributed by atoms with E-state index in [0.29, 0.717) is 65.5 Å². The smallest absolute Gasteiger partial charge is 0.234 e. The van der Waals surface area contributed by atoms with E-state index in [0.717, 1.165) is 55.7 Å². The van der Waals surface area contributed by atoms with Crippen molar-refractivity contribution in [3.63, 3.8) is 0 Å². The maximum atomic E-state index is 16.3. The van der Waals surface area contributed by atoms with Crippen molar-refractivity contribution in [1.82, 2.24) is 30.2 Å². The summed E-state index contributed by atoms with van der Waals surface area (Å²) in [6, 6.07) is 18.3. The van der Waals surface area contributed by atoms with Crippen LogP contribution in [-0.2, 0) is 24.4 Å². The Hall–Kier alpha value is -5.65. The summed E-state index contributed by atoms with van der Waals surface area (Å²) >= 11 is 1.33. The van der Waals surface area contributed by atoms with Crippen molar-refractivity contribution < 1.29 is 27.2 Å². The first kappa shape index (κ1) is 42.1. The van der Waals surface area contributed by atoms with Gasteiger partial charge >= 0.3 is 0 Å². The van der Waals surface area contributed by atoms with Gasteiger partial charge in [0.1, 0.15) is 21.9 Å². The molecule has 0 aliphatic carbocycles. The van der Waals surface area contributed by atoms with Crippen LogP contribution in [0.3, 0.4) is 0 Å². The number of nitrogen functional groups attached to an aromatic ring is 1. The highest BCUT2D eigenvalue weighted by Gasteiger charge is 2.31. The normalized spacial score (nSPS) is 18.6. The number of carbonyl (C=O) groups is 3. The van der Waals surface area contributed by atoms with E-state index >= 15 is 4.39 Å². The van der Waals surface area contributed by atoms with Gasteiger partial charge in [-0.15, -0.1) is 11.3 Å². The number of nitrogens with one attached hydrogen (secondary N) is 1. The van der Waals surface area contributed by atoms with Gasteiger partial charge in [-0.2, -0.15) is 0 Å². The molecule has 17 heteroatoms. The van der Waals surface area contributed by atoms with Gasteiger partial charge in [-0.3, -0.25) is 19.7 Å². The molecule has 0 spiro atoms. The molecule has 5 N–H and O–H groups in total. The third-order valence-electron chi connectivity index (χ3n) is 12.2. The minimum absolute atomic E-state index is 0.0186. The summed E-state index contributed by atoms with van der Waals surface area (Å²) in [5.74, 6) is 0.161. The van der Waals surface area contributed by atoms with Crippen molar-refractivity contribution in [2.75, 3.05) is 36.8 Å². The van der Waals surface area contributed by atoms with Crippen LogP contribution in [0.2, 0.25) is 0 Å². The van der Waals surface area contributed by atoms with Crippen molar-refractivity contribution in [3.05, 3.63) is 95.6 Å². The second kappa shape index (κ2) is 17.8. The largest absolute Gasteiger partial charge is 0.368 e. The van der Waals surface area contributed by atoms with Crippen LogP contribution in [0.25, 0.3) is 32.4 Å². The van der Waals surface area contributed by atoms with E-state index in [9.17, 15) is 22.8 Å². The van der Waals surface area contributed by atoms with E-state index in [-0.39, 0.29) is 47.1 Å². The lowest BCUT2D eigenvalue weighted by molar-refractivity contribution is -0.135. The van der Waals surface area contributed by atoms with Crippen LogP contribution < -0.4 is 21.1 Å². The number of benzene rings is 2. The number of imide groups is 1. The molecule has 3 fully saturated rings. The minimum atomic E-state index is -4.07. The summed E-state index contributed by atoms with van der Waals surface area (Å²) in [6.45, 7) is 4.66. The van der Waals surface area contributed by atoms with Crippen molar-refractivity contribution in [1.29, 1.82) is 0 Å². The number of amides is 3. The van der Waals surface area contributed by atoms with Crippen molar-refractivity contribution in [3.8, 4) is 32.4 Å². The molecule has 2 atom stereocenters. The number of hydrogen-bond acceptors (Lipinski definition) is 12. The Morgan fingerprint density at radius 1 is 0.934 bits per heavy atom. The van der Waals surface area contributed by atoms with Crippen molar-refractivity contribution in [2.24, 2.45) is 11.1 Å². The van der Waals surface area contributed by atoms with Crippen LogP contribution in [0.15, 0.2) is 73.1 Å². The molecule has 0 saturated carbocycles. The Bertz CT molecular complexity index is 2540. The summed E-state index contributed by atoms with van der Waals surface area (Å²) in [5.41, 5.74) is 9.64. The van der Waals surface area contributed by atoms with Crippen LogP contribution in [0.5, 0.6) is 0 Å². The maximum Gasteiger partial charge on any atom is 0.234 e. The Morgan fingerprint density at radius 2 is 1.67 bits per heavy atom. The van der Waals surface area contributed by atoms with Crippen LogP contribution in [-0.4, -0.2) is 77.2 Å². The SMILES string of the molecule is CCC(c1cccc(-c2nc(-c3ccc(C4CCN(C(=O)CC5CCN(c6ccc(C7CCC(=O)NC7=O)cn6)CC5)CC4)cc3)sc2-c2ccnc(N)n2)c1F)S(N)(=O)=O. The van der Waals surface area contributed by atoms with Gasteiger partial charge in [-0.25, -0.2) is 37.9 Å². The quantitative estimate of drug-likeness (QED) is 0.125. The number of rotatable bonds is 11. The predicted molar refractivity (Wildman–Crippen MR) is 232 cm³/mol. The molecule has 6 heterocycles. The van der Waals surface area contributed by atoms with Gasteiger partial charge < -0.3 is 15.5 Å². The van der Waals surface area contributed by atoms with E-state index in [1.807, 2.05) is 29.2 Å². The fourth-order valence-corrected chi connectivity index (χ4v) is 10.9. The highest BCUT2D eigenvalue weighted by atomic mass is 32.2. The average Bonchev–Trinajstić information content (AvgIpc) is 3.70. The van der Waals surface area contributed by atoms with Gasteiger partial charge in [0.15, 0.2) is 0 Å². The maximum absolute atomic E-state index is 16.3. The lowest BCUT2D eigenvalue weighted by Crippen LogP contribution is -2.40. The van der Waals surface area contributed by atoms with Crippen molar-refractivity contribution in [2.45, 2.75) is 75.4 Å². The molecule has 8 rings (SSSR count). The van der Waals surface area contributed by atoms with Crippen LogP contribution in [0, 0.1) is 11.7 Å². The molecular formula is C44H48FN9O5S2. The summed E-state index contributed by atoms with van der Waals surface area (Å²) < 4.78 is 41.0. The topological polar surface area (TPSA) is 207 Å². The van der Waals surface area contributed by atoms with E-state index in [4.69, 9.17) is 15.9 Å². The zero-order valence-electron chi connectivity index (χ0n) is 33.8. The second-order valence-corrected chi connectivity index (χ2v) is 18.8. The standard InChI is InChI=1S/C44H48FN9O5S2/c1-2-35(61(47,58)59)32-4-3-5-33(39(32)45)40-41(34-14-19-48-44(46)50-34)60-43(52-40)29-8-6-27(7-9-29)28-17-22-54(23-18-28)38(56)24-26-15-20-53(21-16-26)36-12-10-30(25-49-36)31-11-13-37(55)51-42(31)57/h3-10,12,14,19,25-26,28,31,35H,2,11,13,15-18,20-24H2,1H3,(H2,46,48,50)(H2,47,58,59)(H,51,55,57). The van der Waals surface area contributed by atoms with Crippen LogP contribution >= 0.6 is 11.3 Å². The summed E-state index contributed by atoms with van der Waals surface area (Å²) in [6.07, 6.45) is 8.25. The fraction of sp³-hybridized carbons (Fsp3) is 0.386. The molecule has 61 heavy (non-hydrogen) atoms. The number of primary sulfonamides is 1. The number of piperidine rings is 3. The lowest BCUT2D eigenvalue weighted by Gasteiger charge is -2.36. The van der Waals surface area contributed by atoms with E-state index in [1.54, 1.807) is 31.3 Å². The number of hydrogen-bond donors (Lipinski definition) is 3. The van der Waals surface area contributed by atoms with Crippen molar-refractivity contribution >= 4 is 50.8 Å². The molecule has 3 amide bonds. The minimum Gasteiger partial charge on any atom is -0.368 e. The third kappa shape index (κ3) is 9.18. The van der Waals surface area contributed by atoms with E-state index in [2.05, 4.69) is 37.3 Å². The van der Waals surface area contributed by atoms with E-state index in [1.165, 1.54) is 29.2 Å². The first-order valence-electron chi connectivity index (χ1n) is 20.7. The number of halogens is 1. The monoisotopic (exact) mass is 865 g/mol. The lowest BCUT2D eigenvalue weighted by atomic mass is 9.88. The van der Waals surface area contributed by atoms with Gasteiger partial charge in [-0.1, -0.05) is 49.4 Å². The molecule has 0 radical (unpaired) electrons. The number of likely N-dealkylation sites (tertiary alicyclic amines) is 1. The molecular weight excluding hydrogens is 818 g/mol. The summed E-state index contributed by atoms with van der Waals surface area (Å²) in [4.78, 5) is 60.0. The highest BCUT2D eigenvalue weighted by molar-refractivity contribution is 7.89. The molecule has 2 unspecified atom stereocenters. The third-order valence-corrected chi connectivity index (χ3v) is 14.7. The molecule has 0 bridgehead atoms. The molecule has 5 aromatic rings. The fourth-order valence-electron chi connectivity index (χ4n) is 8.82. The predicted octanol–water partition coefficient (Wildman–Crippen LogP) is 6.32. The van der Waals surface area contributed by atoms with Gasteiger partial charge in [-0.05, 0) is 79.7 Å². The number of carbonyl (C=O) groups excluding carboxylic acids is 3. The zero-order valence-corrected chi connectivity index (χ0v) is 35.4. The Balaban J connectivity index is 0.883. The molecule has 3 aliphatic heterocycles. The Labute approximate surface area is 358 Å². The second-order valence-electron chi connectivity index (χ2n) is 16.1. The van der Waals surface area contributed by atoms with Gasteiger partial charge in [0.25, 0.3) is 0 Å². The average molecular weight is 866 g/mol. The van der Waals surface area contributed by atoms with Crippen LogP contribution in [0.1, 0.15) is 92.1 Å². The van der Waals surface area contributed by atoms with E-state index < -0.39 is 21.1 Å². The summed E-state index contributed by atoms with van der Waals surface area (Å²) in [5, 5.41) is 7.31. The number of anilines is 2. The highest BCUT2D eigenvalue weighted by Crippen LogP contribution is 2.43. The number of aromatic nitrogens is 4. The first-order valence-corrected chi connectivity index (χ1v) is 23.1.